The molecule has 0 aliphatic carbocycles. The quantitative estimate of drug-likeness (QED) is 0.508. The van der Waals surface area contributed by atoms with E-state index in [0.29, 0.717) is 35.0 Å². The maximum atomic E-state index is 12.5. The van der Waals surface area contributed by atoms with Crippen LogP contribution in [0.2, 0.25) is 0 Å². The Morgan fingerprint density at radius 2 is 1.90 bits per heavy atom. The Labute approximate surface area is 171 Å². The zero-order chi connectivity index (χ0) is 21.1. The molecule has 0 saturated heterocycles. The summed E-state index contributed by atoms with van der Waals surface area (Å²) in [4.78, 5) is 41.5. The first kappa shape index (κ1) is 19.6. The summed E-state index contributed by atoms with van der Waals surface area (Å²) in [6.45, 7) is 2.49. The molecule has 4 rings (SSSR count). The van der Waals surface area contributed by atoms with Gasteiger partial charge in [-0.2, -0.15) is 0 Å². The van der Waals surface area contributed by atoms with Crippen LogP contribution in [-0.2, 0) is 17.9 Å². The van der Waals surface area contributed by atoms with E-state index < -0.39 is 5.76 Å². The molecule has 0 aliphatic heterocycles. The number of hydrogen-bond donors (Lipinski definition) is 1. The van der Waals surface area contributed by atoms with Gasteiger partial charge >= 0.3 is 5.76 Å². The molecule has 0 unspecified atom stereocenters. The van der Waals surface area contributed by atoms with E-state index in [1.54, 1.807) is 30.3 Å². The molecule has 4 aromatic rings. The van der Waals surface area contributed by atoms with E-state index in [9.17, 15) is 14.4 Å². The van der Waals surface area contributed by atoms with Crippen molar-refractivity contribution in [3.05, 3.63) is 75.8 Å². The predicted molar refractivity (Wildman–Crippen MR) is 113 cm³/mol. The molecule has 0 bridgehead atoms. The lowest BCUT2D eigenvalue weighted by atomic mass is 10.2. The first-order chi connectivity index (χ1) is 14.6. The molecule has 30 heavy (non-hydrogen) atoms. The second-order valence-corrected chi connectivity index (χ2v) is 7.13. The number of aryl methyl sites for hydroxylation is 1. The van der Waals surface area contributed by atoms with Crippen LogP contribution in [0.3, 0.4) is 0 Å². The highest BCUT2D eigenvalue weighted by Crippen LogP contribution is 2.13. The smallest absolute Gasteiger partial charge is 0.408 e. The molecular formula is C22H22N4O4. The molecule has 1 atom stereocenters. The summed E-state index contributed by atoms with van der Waals surface area (Å²) < 4.78 is 8.22. The van der Waals surface area contributed by atoms with Gasteiger partial charge in [-0.1, -0.05) is 31.2 Å². The Bertz CT molecular complexity index is 1320. The zero-order valence-corrected chi connectivity index (χ0v) is 16.6. The van der Waals surface area contributed by atoms with Crippen molar-refractivity contribution >= 4 is 27.9 Å². The third kappa shape index (κ3) is 3.89. The monoisotopic (exact) mass is 406 g/mol. The summed E-state index contributed by atoms with van der Waals surface area (Å²) in [5.41, 5.74) is 1.68. The number of carbonyl (C=O) groups excluding carboxylic acids is 1. The van der Waals surface area contributed by atoms with Crippen LogP contribution in [0, 0.1) is 0 Å². The van der Waals surface area contributed by atoms with Gasteiger partial charge in [-0.05, 0) is 30.7 Å². The number of benzene rings is 2. The predicted octanol–water partition coefficient (Wildman–Crippen LogP) is 2.29. The number of hydrogen-bond acceptors (Lipinski definition) is 5. The van der Waals surface area contributed by atoms with Gasteiger partial charge in [-0.15, -0.1) is 0 Å². The fraction of sp³-hybridized carbons (Fsp3) is 0.273. The molecule has 8 nitrogen and oxygen atoms in total. The summed E-state index contributed by atoms with van der Waals surface area (Å²) in [5, 5.41) is 3.47. The highest BCUT2D eigenvalue weighted by Gasteiger charge is 2.16. The Balaban J connectivity index is 1.43. The van der Waals surface area contributed by atoms with Crippen LogP contribution < -0.4 is 16.6 Å². The second-order valence-electron chi connectivity index (χ2n) is 7.13. The molecule has 154 valence electrons. The number of fused-ring (bicyclic) bond motifs is 2. The lowest BCUT2D eigenvalue weighted by Crippen LogP contribution is -2.39. The number of rotatable bonds is 7. The van der Waals surface area contributed by atoms with Crippen LogP contribution in [0.1, 0.15) is 19.8 Å². The Hall–Kier alpha value is -3.68. The van der Waals surface area contributed by atoms with E-state index in [2.05, 4.69) is 10.3 Å². The summed E-state index contributed by atoms with van der Waals surface area (Å²) in [7, 11) is 0. The van der Waals surface area contributed by atoms with Crippen LogP contribution in [0.4, 0.5) is 0 Å². The Morgan fingerprint density at radius 1 is 1.13 bits per heavy atom. The average molecular weight is 406 g/mol. The molecular weight excluding hydrogens is 384 g/mol. The third-order valence-electron chi connectivity index (χ3n) is 5.15. The van der Waals surface area contributed by atoms with E-state index in [0.717, 1.165) is 0 Å². The minimum atomic E-state index is -0.447. The van der Waals surface area contributed by atoms with E-state index in [1.165, 1.54) is 15.5 Å². The number of amides is 1. The largest absolute Gasteiger partial charge is 0.420 e. The summed E-state index contributed by atoms with van der Waals surface area (Å²) in [6.07, 6.45) is 2.25. The number of aromatic nitrogens is 3. The van der Waals surface area contributed by atoms with Crippen molar-refractivity contribution in [2.75, 3.05) is 0 Å². The lowest BCUT2D eigenvalue weighted by molar-refractivity contribution is -0.122. The maximum Gasteiger partial charge on any atom is 0.420 e. The van der Waals surface area contributed by atoms with Gasteiger partial charge in [0.1, 0.15) is 0 Å². The molecule has 2 heterocycles. The SMILES string of the molecule is CC[C@H](Cn1c(=O)oc2ccccc21)NC(=O)CCn1cnc2ccccc2c1=O. The average Bonchev–Trinajstić information content (AvgIpc) is 3.08. The molecule has 8 heteroatoms. The first-order valence-electron chi connectivity index (χ1n) is 9.88. The normalized spacial score (nSPS) is 12.3. The summed E-state index contributed by atoms with van der Waals surface area (Å²) in [5.74, 6) is -0.638. The molecule has 0 radical (unpaired) electrons. The van der Waals surface area contributed by atoms with Crippen LogP contribution in [0.5, 0.6) is 0 Å². The Kier molecular flexibility index (Phi) is 5.47. The lowest BCUT2D eigenvalue weighted by Gasteiger charge is -2.17. The van der Waals surface area contributed by atoms with Crippen LogP contribution >= 0.6 is 0 Å². The minimum Gasteiger partial charge on any atom is -0.408 e. The van der Waals surface area contributed by atoms with Crippen molar-refractivity contribution in [2.24, 2.45) is 0 Å². The third-order valence-corrected chi connectivity index (χ3v) is 5.15. The van der Waals surface area contributed by atoms with Gasteiger partial charge in [-0.3, -0.25) is 18.7 Å². The van der Waals surface area contributed by atoms with E-state index >= 15 is 0 Å². The molecule has 0 aliphatic rings. The van der Waals surface area contributed by atoms with Gasteiger partial charge < -0.3 is 9.73 Å². The molecule has 1 N–H and O–H groups in total. The van der Waals surface area contributed by atoms with Crippen molar-refractivity contribution < 1.29 is 9.21 Å². The summed E-state index contributed by atoms with van der Waals surface area (Å²) in [6, 6.07) is 14.1. The summed E-state index contributed by atoms with van der Waals surface area (Å²) >= 11 is 0. The van der Waals surface area contributed by atoms with Gasteiger partial charge in [0, 0.05) is 25.6 Å². The van der Waals surface area contributed by atoms with Gasteiger partial charge in [0.15, 0.2) is 5.58 Å². The van der Waals surface area contributed by atoms with Crippen molar-refractivity contribution in [3.8, 4) is 0 Å². The molecule has 2 aromatic heterocycles. The van der Waals surface area contributed by atoms with Crippen molar-refractivity contribution in [1.82, 2.24) is 19.4 Å². The topological polar surface area (TPSA) is 99.1 Å². The molecule has 2 aromatic carbocycles. The van der Waals surface area contributed by atoms with Gasteiger partial charge in [0.25, 0.3) is 5.56 Å². The zero-order valence-electron chi connectivity index (χ0n) is 16.6. The standard InChI is InChI=1S/C22H22N4O4/c1-2-15(13-26-18-9-5-6-10-19(18)30-22(26)29)24-20(27)11-12-25-14-23-17-8-4-3-7-16(17)21(25)28/h3-10,14-15H,2,11-13H2,1H3,(H,24,27)/t15-/m1/s1. The molecule has 0 fully saturated rings. The number of carbonyl (C=O) groups is 1. The molecule has 1 amide bonds. The van der Waals surface area contributed by atoms with Crippen LogP contribution in [0.15, 0.2) is 68.9 Å². The van der Waals surface area contributed by atoms with Crippen LogP contribution in [0.25, 0.3) is 22.0 Å². The maximum absolute atomic E-state index is 12.5. The number of oxazole rings is 1. The van der Waals surface area contributed by atoms with Gasteiger partial charge in [0.2, 0.25) is 5.91 Å². The number of nitrogens with one attached hydrogen (secondary N) is 1. The van der Waals surface area contributed by atoms with Crippen molar-refractivity contribution in [2.45, 2.75) is 38.9 Å². The van der Waals surface area contributed by atoms with E-state index in [4.69, 9.17) is 4.42 Å². The number of para-hydroxylation sites is 3. The fourth-order valence-corrected chi connectivity index (χ4v) is 3.47. The fourth-order valence-electron chi connectivity index (χ4n) is 3.47. The Morgan fingerprint density at radius 3 is 2.73 bits per heavy atom. The molecule has 0 spiro atoms. The highest BCUT2D eigenvalue weighted by atomic mass is 16.4. The van der Waals surface area contributed by atoms with Gasteiger partial charge in [-0.25, -0.2) is 9.78 Å². The highest BCUT2D eigenvalue weighted by molar-refractivity contribution is 5.78. The molecule has 0 saturated carbocycles. The number of nitrogens with zero attached hydrogens (tertiary/aromatic N) is 3. The van der Waals surface area contributed by atoms with Gasteiger partial charge in [0.05, 0.1) is 22.7 Å². The van der Waals surface area contributed by atoms with Crippen molar-refractivity contribution in [3.63, 3.8) is 0 Å². The first-order valence-corrected chi connectivity index (χ1v) is 9.88. The van der Waals surface area contributed by atoms with Crippen molar-refractivity contribution in [1.29, 1.82) is 0 Å². The minimum absolute atomic E-state index is 0.136. The van der Waals surface area contributed by atoms with Crippen LogP contribution in [-0.4, -0.2) is 26.1 Å². The second kappa shape index (κ2) is 8.36. The van der Waals surface area contributed by atoms with E-state index in [1.807, 2.05) is 25.1 Å². The van der Waals surface area contributed by atoms with E-state index in [-0.39, 0.29) is 30.5 Å².